The van der Waals surface area contributed by atoms with Gasteiger partial charge in [0.15, 0.2) is 0 Å². The number of nitrogens with one attached hydrogen (secondary N) is 2. The SMILES string of the molecule is Cc1ccc(C)c(NC(=O)NCc2cccc(CN(C)C)c2)c1. The van der Waals surface area contributed by atoms with Crippen LogP contribution < -0.4 is 10.6 Å². The van der Waals surface area contributed by atoms with Crippen LogP contribution in [0.4, 0.5) is 10.5 Å². The van der Waals surface area contributed by atoms with Gasteiger partial charge in [-0.1, -0.05) is 36.4 Å². The van der Waals surface area contributed by atoms with Gasteiger partial charge in [0.1, 0.15) is 0 Å². The van der Waals surface area contributed by atoms with Crippen molar-refractivity contribution in [2.45, 2.75) is 26.9 Å². The summed E-state index contributed by atoms with van der Waals surface area (Å²) in [7, 11) is 4.09. The zero-order chi connectivity index (χ0) is 16.8. The number of amides is 2. The topological polar surface area (TPSA) is 44.4 Å². The maximum atomic E-state index is 12.1. The number of benzene rings is 2. The number of anilines is 1. The smallest absolute Gasteiger partial charge is 0.319 e. The molecule has 2 aromatic carbocycles. The molecule has 0 unspecified atom stereocenters. The molecule has 0 aliphatic heterocycles. The van der Waals surface area contributed by atoms with Gasteiger partial charge >= 0.3 is 6.03 Å². The van der Waals surface area contributed by atoms with Crippen molar-refractivity contribution < 1.29 is 4.79 Å². The van der Waals surface area contributed by atoms with Crippen LogP contribution in [0.2, 0.25) is 0 Å². The Kier molecular flexibility index (Phi) is 5.77. The molecular weight excluding hydrogens is 286 g/mol. The molecule has 0 bridgehead atoms. The molecular formula is C19H25N3O. The molecule has 2 rings (SSSR count). The zero-order valence-corrected chi connectivity index (χ0v) is 14.3. The second kappa shape index (κ2) is 7.79. The van der Waals surface area contributed by atoms with E-state index in [0.29, 0.717) is 6.54 Å². The van der Waals surface area contributed by atoms with Gasteiger partial charge in [0.25, 0.3) is 0 Å². The lowest BCUT2D eigenvalue weighted by atomic mass is 10.1. The molecule has 122 valence electrons. The van der Waals surface area contributed by atoms with Crippen molar-refractivity contribution in [1.82, 2.24) is 10.2 Å². The van der Waals surface area contributed by atoms with E-state index in [0.717, 1.165) is 28.9 Å². The van der Waals surface area contributed by atoms with Crippen molar-refractivity contribution in [2.75, 3.05) is 19.4 Å². The van der Waals surface area contributed by atoms with E-state index in [9.17, 15) is 4.79 Å². The largest absolute Gasteiger partial charge is 0.334 e. The van der Waals surface area contributed by atoms with E-state index in [1.165, 1.54) is 5.56 Å². The maximum absolute atomic E-state index is 12.1. The first-order valence-electron chi connectivity index (χ1n) is 7.78. The van der Waals surface area contributed by atoms with E-state index in [2.05, 4.69) is 27.7 Å². The van der Waals surface area contributed by atoms with Gasteiger partial charge in [-0.15, -0.1) is 0 Å². The third kappa shape index (κ3) is 5.42. The Morgan fingerprint density at radius 1 is 1.04 bits per heavy atom. The van der Waals surface area contributed by atoms with Crippen LogP contribution in [0.15, 0.2) is 42.5 Å². The minimum Gasteiger partial charge on any atom is -0.334 e. The Bertz CT molecular complexity index is 680. The number of hydrogen-bond acceptors (Lipinski definition) is 2. The molecule has 0 fully saturated rings. The minimum atomic E-state index is -0.184. The summed E-state index contributed by atoms with van der Waals surface area (Å²) >= 11 is 0. The van der Waals surface area contributed by atoms with Crippen molar-refractivity contribution in [3.8, 4) is 0 Å². The van der Waals surface area contributed by atoms with E-state index in [4.69, 9.17) is 0 Å². The predicted molar refractivity (Wildman–Crippen MR) is 95.6 cm³/mol. The Morgan fingerprint density at radius 2 is 1.78 bits per heavy atom. The molecule has 23 heavy (non-hydrogen) atoms. The number of rotatable bonds is 5. The van der Waals surface area contributed by atoms with Gasteiger partial charge in [0.05, 0.1) is 0 Å². The van der Waals surface area contributed by atoms with Crippen LogP contribution in [0.25, 0.3) is 0 Å². The molecule has 0 saturated heterocycles. The van der Waals surface area contributed by atoms with Gasteiger partial charge in [-0.2, -0.15) is 0 Å². The summed E-state index contributed by atoms with van der Waals surface area (Å²) in [6, 6.07) is 14.1. The first-order chi connectivity index (χ1) is 10.9. The quantitative estimate of drug-likeness (QED) is 0.884. The van der Waals surface area contributed by atoms with Crippen LogP contribution in [0.1, 0.15) is 22.3 Å². The van der Waals surface area contributed by atoms with Crippen molar-refractivity contribution in [2.24, 2.45) is 0 Å². The Morgan fingerprint density at radius 3 is 2.52 bits per heavy atom. The minimum absolute atomic E-state index is 0.184. The fourth-order valence-electron chi connectivity index (χ4n) is 2.42. The number of carbonyl (C=O) groups is 1. The van der Waals surface area contributed by atoms with Crippen molar-refractivity contribution >= 4 is 11.7 Å². The van der Waals surface area contributed by atoms with Crippen molar-refractivity contribution in [3.05, 3.63) is 64.7 Å². The molecule has 4 nitrogen and oxygen atoms in total. The maximum Gasteiger partial charge on any atom is 0.319 e. The highest BCUT2D eigenvalue weighted by molar-refractivity contribution is 5.90. The Labute approximate surface area is 138 Å². The molecule has 2 N–H and O–H groups in total. The molecule has 0 spiro atoms. The van der Waals surface area contributed by atoms with Gasteiger partial charge < -0.3 is 15.5 Å². The van der Waals surface area contributed by atoms with E-state index in [1.807, 2.05) is 58.3 Å². The van der Waals surface area contributed by atoms with Crippen LogP contribution in [0.5, 0.6) is 0 Å². The monoisotopic (exact) mass is 311 g/mol. The summed E-state index contributed by atoms with van der Waals surface area (Å²) in [4.78, 5) is 14.2. The van der Waals surface area contributed by atoms with Gasteiger partial charge in [0.2, 0.25) is 0 Å². The standard InChI is InChI=1S/C19H25N3O/c1-14-8-9-15(2)18(10-14)21-19(23)20-12-16-6-5-7-17(11-16)13-22(3)4/h5-11H,12-13H2,1-4H3,(H2,20,21,23). The molecule has 0 heterocycles. The summed E-state index contributed by atoms with van der Waals surface area (Å²) in [6.07, 6.45) is 0. The number of hydrogen-bond donors (Lipinski definition) is 2. The molecule has 0 saturated carbocycles. The summed E-state index contributed by atoms with van der Waals surface area (Å²) in [5, 5.41) is 5.82. The molecule has 0 atom stereocenters. The lowest BCUT2D eigenvalue weighted by molar-refractivity contribution is 0.251. The third-order valence-corrected chi connectivity index (χ3v) is 3.58. The molecule has 0 aliphatic rings. The van der Waals surface area contributed by atoms with Gasteiger partial charge in [-0.3, -0.25) is 0 Å². The van der Waals surface area contributed by atoms with Crippen molar-refractivity contribution in [3.63, 3.8) is 0 Å². The van der Waals surface area contributed by atoms with E-state index >= 15 is 0 Å². The summed E-state index contributed by atoms with van der Waals surface area (Å²) < 4.78 is 0. The number of aryl methyl sites for hydroxylation is 2. The lowest BCUT2D eigenvalue weighted by Crippen LogP contribution is -2.28. The summed E-state index contributed by atoms with van der Waals surface area (Å²) in [5.74, 6) is 0. The molecule has 2 amide bonds. The summed E-state index contributed by atoms with van der Waals surface area (Å²) in [5.41, 5.74) is 5.37. The average molecular weight is 311 g/mol. The fraction of sp³-hybridized carbons (Fsp3) is 0.316. The van der Waals surface area contributed by atoms with Crippen LogP contribution in [0.3, 0.4) is 0 Å². The second-order valence-electron chi connectivity index (χ2n) is 6.18. The van der Waals surface area contributed by atoms with Crippen LogP contribution in [-0.4, -0.2) is 25.0 Å². The molecule has 0 radical (unpaired) electrons. The number of carbonyl (C=O) groups excluding carboxylic acids is 1. The first-order valence-corrected chi connectivity index (χ1v) is 7.78. The molecule has 0 aliphatic carbocycles. The van der Waals surface area contributed by atoms with Crippen LogP contribution >= 0.6 is 0 Å². The predicted octanol–water partition coefficient (Wildman–Crippen LogP) is 3.69. The highest BCUT2D eigenvalue weighted by atomic mass is 16.2. The molecule has 0 aromatic heterocycles. The average Bonchev–Trinajstić information content (AvgIpc) is 2.49. The van der Waals surface area contributed by atoms with Gasteiger partial charge in [-0.25, -0.2) is 4.79 Å². The summed E-state index contributed by atoms with van der Waals surface area (Å²) in [6.45, 7) is 5.40. The first kappa shape index (κ1) is 17.0. The normalized spacial score (nSPS) is 10.7. The van der Waals surface area contributed by atoms with E-state index in [-0.39, 0.29) is 6.03 Å². The van der Waals surface area contributed by atoms with Crippen LogP contribution in [0, 0.1) is 13.8 Å². The van der Waals surface area contributed by atoms with Crippen LogP contribution in [-0.2, 0) is 13.1 Å². The van der Waals surface area contributed by atoms with Gasteiger partial charge in [-0.05, 0) is 56.3 Å². The number of nitrogens with zero attached hydrogens (tertiary/aromatic N) is 1. The Hall–Kier alpha value is -2.33. The van der Waals surface area contributed by atoms with Gasteiger partial charge in [0, 0.05) is 18.8 Å². The zero-order valence-electron chi connectivity index (χ0n) is 14.3. The highest BCUT2D eigenvalue weighted by Crippen LogP contribution is 2.16. The van der Waals surface area contributed by atoms with E-state index in [1.54, 1.807) is 0 Å². The highest BCUT2D eigenvalue weighted by Gasteiger charge is 2.05. The number of urea groups is 1. The lowest BCUT2D eigenvalue weighted by Gasteiger charge is -2.12. The van der Waals surface area contributed by atoms with E-state index < -0.39 is 0 Å². The second-order valence-corrected chi connectivity index (χ2v) is 6.18. The molecule has 4 heteroatoms. The van der Waals surface area contributed by atoms with Crippen molar-refractivity contribution in [1.29, 1.82) is 0 Å². The Balaban J connectivity index is 1.93. The fourth-order valence-corrected chi connectivity index (χ4v) is 2.42. The molecule has 2 aromatic rings. The third-order valence-electron chi connectivity index (χ3n) is 3.58.